The van der Waals surface area contributed by atoms with Crippen LogP contribution < -0.4 is 14.8 Å². The zero-order valence-electron chi connectivity index (χ0n) is 11.2. The minimum absolute atomic E-state index is 0.424. The van der Waals surface area contributed by atoms with Crippen molar-refractivity contribution in [3.05, 3.63) is 39.3 Å². The maximum Gasteiger partial charge on any atom is 0.179 e. The van der Waals surface area contributed by atoms with Crippen LogP contribution in [0.15, 0.2) is 23.8 Å². The molecule has 0 saturated carbocycles. The highest BCUT2D eigenvalue weighted by Crippen LogP contribution is 2.39. The second kappa shape index (κ2) is 6.62. The molecule has 1 aliphatic heterocycles. The lowest BCUT2D eigenvalue weighted by molar-refractivity contribution is 0.163. The number of rotatable bonds is 5. The first-order valence-electron chi connectivity index (χ1n) is 6.59. The maximum absolute atomic E-state index is 10.2. The van der Waals surface area contributed by atoms with E-state index in [4.69, 9.17) is 21.1 Å². The van der Waals surface area contributed by atoms with Crippen LogP contribution in [0.1, 0.15) is 16.5 Å². The molecule has 0 aliphatic carbocycles. The molecule has 5 nitrogen and oxygen atoms in total. The van der Waals surface area contributed by atoms with Gasteiger partial charge in [0.2, 0.25) is 0 Å². The van der Waals surface area contributed by atoms with Crippen LogP contribution in [0.5, 0.6) is 11.5 Å². The van der Waals surface area contributed by atoms with Crippen molar-refractivity contribution in [2.24, 2.45) is 0 Å². The van der Waals surface area contributed by atoms with Crippen molar-refractivity contribution >= 4 is 22.9 Å². The van der Waals surface area contributed by atoms with Gasteiger partial charge < -0.3 is 19.9 Å². The number of fused-ring (bicyclic) bond motifs is 1. The summed E-state index contributed by atoms with van der Waals surface area (Å²) >= 11 is 7.74. The molecular formula is C14H15ClN2O3S. The van der Waals surface area contributed by atoms with Crippen LogP contribution in [0.3, 0.4) is 0 Å². The Labute approximate surface area is 131 Å². The number of aliphatic hydroxyl groups excluding tert-OH is 1. The van der Waals surface area contributed by atoms with Gasteiger partial charge in [0.25, 0.3) is 0 Å². The number of aromatic nitrogens is 1. The molecule has 1 aromatic heterocycles. The maximum atomic E-state index is 10.2. The van der Waals surface area contributed by atoms with E-state index in [-0.39, 0.29) is 0 Å². The lowest BCUT2D eigenvalue weighted by Gasteiger charge is -2.21. The van der Waals surface area contributed by atoms with Crippen LogP contribution in [0.2, 0.25) is 5.02 Å². The number of halogens is 1. The van der Waals surface area contributed by atoms with Crippen LogP contribution in [0, 0.1) is 0 Å². The Morgan fingerprint density at radius 2 is 2.24 bits per heavy atom. The minimum atomic E-state index is -0.661. The van der Waals surface area contributed by atoms with Gasteiger partial charge in [-0.2, -0.15) is 0 Å². The summed E-state index contributed by atoms with van der Waals surface area (Å²) < 4.78 is 11.0. The molecule has 1 unspecified atom stereocenters. The van der Waals surface area contributed by atoms with Crippen molar-refractivity contribution in [1.29, 1.82) is 0 Å². The van der Waals surface area contributed by atoms with E-state index in [2.05, 4.69) is 10.3 Å². The Hall–Kier alpha value is -1.34. The average molecular weight is 327 g/mol. The first kappa shape index (κ1) is 14.6. The third-order valence-electron chi connectivity index (χ3n) is 3.12. The van der Waals surface area contributed by atoms with Crippen molar-refractivity contribution in [3.8, 4) is 11.5 Å². The largest absolute Gasteiger partial charge is 0.486 e. The van der Waals surface area contributed by atoms with Crippen molar-refractivity contribution in [3.63, 3.8) is 0 Å². The van der Waals surface area contributed by atoms with E-state index >= 15 is 0 Å². The second-order valence-corrected chi connectivity index (χ2v) is 6.02. The Morgan fingerprint density at radius 3 is 3.05 bits per heavy atom. The predicted molar refractivity (Wildman–Crippen MR) is 81.2 cm³/mol. The van der Waals surface area contributed by atoms with E-state index in [9.17, 15) is 5.11 Å². The summed E-state index contributed by atoms with van der Waals surface area (Å²) in [4.78, 5) is 5.13. The fraction of sp³-hybridized carbons (Fsp3) is 0.357. The molecule has 1 aliphatic rings. The quantitative estimate of drug-likeness (QED) is 0.883. The molecule has 0 saturated heterocycles. The summed E-state index contributed by atoms with van der Waals surface area (Å²) in [6, 6.07) is 3.49. The summed E-state index contributed by atoms with van der Waals surface area (Å²) in [5.41, 5.74) is 2.50. The SMILES string of the molecule is OC(CNCc1cncs1)c1cc(Cl)c2c(c1)OCCO2. The number of benzene rings is 1. The van der Waals surface area contributed by atoms with E-state index in [1.54, 1.807) is 29.0 Å². The highest BCUT2D eigenvalue weighted by atomic mass is 35.5. The minimum Gasteiger partial charge on any atom is -0.486 e. The average Bonchev–Trinajstić information content (AvgIpc) is 3.00. The van der Waals surface area contributed by atoms with Gasteiger partial charge in [0, 0.05) is 24.2 Å². The first-order valence-corrected chi connectivity index (χ1v) is 7.85. The number of hydrogen-bond donors (Lipinski definition) is 2. The molecule has 2 heterocycles. The van der Waals surface area contributed by atoms with E-state index in [1.165, 1.54) is 0 Å². The van der Waals surface area contributed by atoms with E-state index in [0.29, 0.717) is 48.4 Å². The summed E-state index contributed by atoms with van der Waals surface area (Å²) in [5.74, 6) is 1.14. The molecule has 2 aromatic rings. The highest BCUT2D eigenvalue weighted by Gasteiger charge is 2.19. The molecule has 112 valence electrons. The zero-order chi connectivity index (χ0) is 14.7. The molecule has 1 atom stereocenters. The molecule has 21 heavy (non-hydrogen) atoms. The molecule has 0 spiro atoms. The fourth-order valence-corrected chi connectivity index (χ4v) is 2.94. The van der Waals surface area contributed by atoms with Crippen LogP contribution in [-0.2, 0) is 6.54 Å². The number of hydrogen-bond acceptors (Lipinski definition) is 6. The Balaban J connectivity index is 1.64. The summed E-state index contributed by atoms with van der Waals surface area (Å²) in [6.07, 6.45) is 1.15. The lowest BCUT2D eigenvalue weighted by Crippen LogP contribution is -2.21. The van der Waals surface area contributed by atoms with Crippen LogP contribution in [-0.4, -0.2) is 29.8 Å². The van der Waals surface area contributed by atoms with Gasteiger partial charge in [0.05, 0.1) is 16.6 Å². The normalized spacial score (nSPS) is 15.0. The van der Waals surface area contributed by atoms with Gasteiger partial charge >= 0.3 is 0 Å². The van der Waals surface area contributed by atoms with Gasteiger partial charge in [-0.05, 0) is 17.7 Å². The second-order valence-electron chi connectivity index (χ2n) is 4.64. The van der Waals surface area contributed by atoms with E-state index in [0.717, 1.165) is 4.88 Å². The summed E-state index contributed by atoms with van der Waals surface area (Å²) in [5, 5.41) is 13.9. The molecule has 1 aromatic carbocycles. The van der Waals surface area contributed by atoms with E-state index < -0.39 is 6.10 Å². The first-order chi connectivity index (χ1) is 10.2. The van der Waals surface area contributed by atoms with Gasteiger partial charge in [0.15, 0.2) is 11.5 Å². The van der Waals surface area contributed by atoms with Gasteiger partial charge in [-0.3, -0.25) is 4.98 Å². The molecule has 7 heteroatoms. The molecule has 0 fully saturated rings. The summed E-state index contributed by atoms with van der Waals surface area (Å²) in [7, 11) is 0. The number of nitrogens with zero attached hydrogens (tertiary/aromatic N) is 1. The smallest absolute Gasteiger partial charge is 0.179 e. The molecule has 2 N–H and O–H groups in total. The fourth-order valence-electron chi connectivity index (χ4n) is 2.10. The third-order valence-corrected chi connectivity index (χ3v) is 4.18. The molecular weight excluding hydrogens is 312 g/mol. The van der Waals surface area contributed by atoms with Crippen molar-refractivity contribution in [2.75, 3.05) is 19.8 Å². The number of ether oxygens (including phenoxy) is 2. The Bertz CT molecular complexity index is 607. The van der Waals surface area contributed by atoms with Crippen molar-refractivity contribution < 1.29 is 14.6 Å². The Kier molecular flexibility index (Phi) is 4.60. The highest BCUT2D eigenvalue weighted by molar-refractivity contribution is 7.09. The van der Waals surface area contributed by atoms with Gasteiger partial charge in [-0.1, -0.05) is 11.6 Å². The lowest BCUT2D eigenvalue weighted by atomic mass is 10.1. The van der Waals surface area contributed by atoms with Crippen molar-refractivity contribution in [2.45, 2.75) is 12.6 Å². The molecule has 0 bridgehead atoms. The topological polar surface area (TPSA) is 63.6 Å². The van der Waals surface area contributed by atoms with Crippen LogP contribution in [0.25, 0.3) is 0 Å². The number of nitrogens with one attached hydrogen (secondary N) is 1. The zero-order valence-corrected chi connectivity index (χ0v) is 12.8. The number of thiazole rings is 1. The predicted octanol–water partition coefficient (Wildman–Crippen LogP) is 2.39. The van der Waals surface area contributed by atoms with Gasteiger partial charge in [-0.15, -0.1) is 11.3 Å². The third kappa shape index (κ3) is 3.47. The molecule has 0 amide bonds. The molecule has 3 rings (SSSR count). The molecule has 0 radical (unpaired) electrons. The van der Waals surface area contributed by atoms with Crippen molar-refractivity contribution in [1.82, 2.24) is 10.3 Å². The Morgan fingerprint density at radius 1 is 1.38 bits per heavy atom. The summed E-state index contributed by atoms with van der Waals surface area (Å²) in [6.45, 7) is 2.09. The van der Waals surface area contributed by atoms with E-state index in [1.807, 2.05) is 6.20 Å². The monoisotopic (exact) mass is 326 g/mol. The number of aliphatic hydroxyl groups is 1. The van der Waals surface area contributed by atoms with Gasteiger partial charge in [-0.25, -0.2) is 0 Å². The van der Waals surface area contributed by atoms with Gasteiger partial charge in [0.1, 0.15) is 13.2 Å². The van der Waals surface area contributed by atoms with Crippen LogP contribution in [0.4, 0.5) is 0 Å². The van der Waals surface area contributed by atoms with Crippen LogP contribution >= 0.6 is 22.9 Å². The standard InChI is InChI=1S/C14H15ClN2O3S/c15-11-3-9(4-13-14(11)20-2-1-19-13)12(18)7-16-5-10-6-17-8-21-10/h3-4,6,8,12,16,18H,1-2,5,7H2.